The van der Waals surface area contributed by atoms with Crippen molar-refractivity contribution in [3.63, 3.8) is 0 Å². The molecule has 1 N–H and O–H groups in total. The Balaban J connectivity index is 1.52. The molecule has 17 heavy (non-hydrogen) atoms. The van der Waals surface area contributed by atoms with E-state index in [9.17, 15) is 0 Å². The Morgan fingerprint density at radius 1 is 1.24 bits per heavy atom. The first kappa shape index (κ1) is 11.1. The number of para-hydroxylation sites is 1. The van der Waals surface area contributed by atoms with Crippen LogP contribution >= 0.6 is 0 Å². The second-order valence-electron chi connectivity index (χ2n) is 5.30. The van der Waals surface area contributed by atoms with E-state index in [-0.39, 0.29) is 0 Å². The van der Waals surface area contributed by atoms with Gasteiger partial charge in [-0.05, 0) is 50.3 Å². The molecule has 2 heteroatoms. The maximum Gasteiger partial charge on any atom is 0.0398 e. The first-order valence-electron chi connectivity index (χ1n) is 7.00. The zero-order valence-electron chi connectivity index (χ0n) is 10.5. The van der Waals surface area contributed by atoms with E-state index in [0.717, 1.165) is 6.04 Å². The van der Waals surface area contributed by atoms with Crippen molar-refractivity contribution in [3.8, 4) is 0 Å². The van der Waals surface area contributed by atoms with E-state index < -0.39 is 0 Å². The highest BCUT2D eigenvalue weighted by Gasteiger charge is 2.20. The lowest BCUT2D eigenvalue weighted by Crippen LogP contribution is -2.32. The smallest absolute Gasteiger partial charge is 0.0398 e. The van der Waals surface area contributed by atoms with Gasteiger partial charge in [-0.3, -0.25) is 0 Å². The molecule has 0 saturated heterocycles. The zero-order valence-corrected chi connectivity index (χ0v) is 10.5. The molecule has 1 fully saturated rings. The Hall–Kier alpha value is -1.02. The number of rotatable bonds is 5. The third-order valence-corrected chi connectivity index (χ3v) is 3.82. The summed E-state index contributed by atoms with van der Waals surface area (Å²) in [4.78, 5) is 2.56. The summed E-state index contributed by atoms with van der Waals surface area (Å²) in [6.45, 7) is 3.63. The molecule has 0 atom stereocenters. The van der Waals surface area contributed by atoms with Crippen molar-refractivity contribution in [2.75, 3.05) is 24.5 Å². The Labute approximate surface area is 104 Å². The Morgan fingerprint density at radius 3 is 3.00 bits per heavy atom. The highest BCUT2D eigenvalue weighted by molar-refractivity contribution is 5.55. The second kappa shape index (κ2) is 5.09. The van der Waals surface area contributed by atoms with Crippen molar-refractivity contribution in [3.05, 3.63) is 29.8 Å². The molecule has 1 aliphatic carbocycles. The van der Waals surface area contributed by atoms with E-state index in [0.29, 0.717) is 0 Å². The minimum absolute atomic E-state index is 0.851. The van der Waals surface area contributed by atoms with Gasteiger partial charge in [0.25, 0.3) is 0 Å². The third-order valence-electron chi connectivity index (χ3n) is 3.82. The van der Waals surface area contributed by atoms with Gasteiger partial charge in [0.2, 0.25) is 0 Å². The van der Waals surface area contributed by atoms with Crippen molar-refractivity contribution in [2.24, 2.45) is 0 Å². The number of fused-ring (bicyclic) bond motifs is 1. The van der Waals surface area contributed by atoms with Crippen LogP contribution in [0.3, 0.4) is 0 Å². The minimum atomic E-state index is 0.851. The molecule has 1 aromatic rings. The van der Waals surface area contributed by atoms with Gasteiger partial charge in [-0.2, -0.15) is 0 Å². The van der Waals surface area contributed by atoms with Crippen LogP contribution in [0.4, 0.5) is 5.69 Å². The van der Waals surface area contributed by atoms with Gasteiger partial charge in [-0.25, -0.2) is 0 Å². The molecular weight excluding hydrogens is 208 g/mol. The van der Waals surface area contributed by atoms with E-state index in [2.05, 4.69) is 34.5 Å². The lowest BCUT2D eigenvalue weighted by atomic mass is 10.0. The van der Waals surface area contributed by atoms with Crippen LogP contribution in [0.2, 0.25) is 0 Å². The van der Waals surface area contributed by atoms with Crippen LogP contribution in [0, 0.1) is 0 Å². The first-order chi connectivity index (χ1) is 8.43. The summed E-state index contributed by atoms with van der Waals surface area (Å²) in [6, 6.07) is 9.74. The minimum Gasteiger partial charge on any atom is -0.371 e. The summed E-state index contributed by atoms with van der Waals surface area (Å²) in [6.07, 6.45) is 6.63. The predicted octanol–water partition coefficient (Wildman–Crippen LogP) is 2.58. The maximum absolute atomic E-state index is 3.59. The Bertz CT molecular complexity index is 371. The van der Waals surface area contributed by atoms with Crippen molar-refractivity contribution < 1.29 is 0 Å². The average Bonchev–Trinajstić information content (AvgIpc) is 3.19. The number of aryl methyl sites for hydroxylation is 1. The topological polar surface area (TPSA) is 15.3 Å². The molecule has 0 spiro atoms. The molecule has 3 rings (SSSR count). The van der Waals surface area contributed by atoms with Crippen molar-refractivity contribution >= 4 is 5.69 Å². The molecule has 1 heterocycles. The molecule has 1 aromatic carbocycles. The number of nitrogens with one attached hydrogen (secondary N) is 1. The van der Waals surface area contributed by atoms with E-state index in [1.807, 2.05) is 0 Å². The molecule has 0 amide bonds. The van der Waals surface area contributed by atoms with Crippen LogP contribution in [0.15, 0.2) is 24.3 Å². The number of benzene rings is 1. The highest BCUT2D eigenvalue weighted by Crippen LogP contribution is 2.26. The monoisotopic (exact) mass is 230 g/mol. The molecule has 2 aliphatic rings. The van der Waals surface area contributed by atoms with Crippen LogP contribution in [-0.2, 0) is 6.42 Å². The van der Waals surface area contributed by atoms with Crippen LogP contribution < -0.4 is 10.2 Å². The fourth-order valence-electron chi connectivity index (χ4n) is 2.71. The SMILES string of the molecule is c1ccc2c(c1)CCCN2CCCNC1CC1. The normalized spacial score (nSPS) is 19.2. The van der Waals surface area contributed by atoms with E-state index in [1.165, 1.54) is 63.0 Å². The first-order valence-corrected chi connectivity index (χ1v) is 7.00. The van der Waals surface area contributed by atoms with Gasteiger partial charge in [-0.15, -0.1) is 0 Å². The standard InChI is InChI=1S/C15H22N2/c1-2-7-15-13(5-1)6-3-11-17(15)12-4-10-16-14-8-9-14/h1-2,5,7,14,16H,3-4,6,8-12H2. The predicted molar refractivity (Wildman–Crippen MR) is 72.6 cm³/mol. The summed E-state index contributed by atoms with van der Waals surface area (Å²) in [5, 5.41) is 3.59. The summed E-state index contributed by atoms with van der Waals surface area (Å²) < 4.78 is 0. The van der Waals surface area contributed by atoms with Gasteiger partial charge >= 0.3 is 0 Å². The number of anilines is 1. The molecule has 92 valence electrons. The van der Waals surface area contributed by atoms with Crippen LogP contribution in [0.1, 0.15) is 31.2 Å². The fraction of sp³-hybridized carbons (Fsp3) is 0.600. The lowest BCUT2D eigenvalue weighted by Gasteiger charge is -2.31. The summed E-state index contributed by atoms with van der Waals surface area (Å²) >= 11 is 0. The summed E-state index contributed by atoms with van der Waals surface area (Å²) in [7, 11) is 0. The molecule has 1 saturated carbocycles. The van der Waals surface area contributed by atoms with Gasteiger partial charge in [0.15, 0.2) is 0 Å². The number of hydrogen-bond donors (Lipinski definition) is 1. The fourth-order valence-corrected chi connectivity index (χ4v) is 2.71. The molecule has 0 radical (unpaired) electrons. The molecular formula is C15H22N2. The van der Waals surface area contributed by atoms with Gasteiger partial charge in [0.05, 0.1) is 0 Å². The molecule has 0 aromatic heterocycles. The quantitative estimate of drug-likeness (QED) is 0.782. The van der Waals surface area contributed by atoms with Crippen molar-refractivity contribution in [1.82, 2.24) is 5.32 Å². The Morgan fingerprint density at radius 2 is 2.12 bits per heavy atom. The Kier molecular flexibility index (Phi) is 3.32. The molecule has 2 nitrogen and oxygen atoms in total. The van der Waals surface area contributed by atoms with Gasteiger partial charge < -0.3 is 10.2 Å². The zero-order chi connectivity index (χ0) is 11.5. The molecule has 1 aliphatic heterocycles. The van der Waals surface area contributed by atoms with Crippen LogP contribution in [-0.4, -0.2) is 25.7 Å². The van der Waals surface area contributed by atoms with Gasteiger partial charge in [0.1, 0.15) is 0 Å². The van der Waals surface area contributed by atoms with Crippen molar-refractivity contribution in [1.29, 1.82) is 0 Å². The molecule has 0 bridgehead atoms. The van der Waals surface area contributed by atoms with Crippen molar-refractivity contribution in [2.45, 2.75) is 38.1 Å². The largest absolute Gasteiger partial charge is 0.371 e. The third kappa shape index (κ3) is 2.81. The summed E-state index contributed by atoms with van der Waals surface area (Å²) in [5.41, 5.74) is 3.01. The van der Waals surface area contributed by atoms with Crippen LogP contribution in [0.25, 0.3) is 0 Å². The van der Waals surface area contributed by atoms with Gasteiger partial charge in [0, 0.05) is 24.8 Å². The van der Waals surface area contributed by atoms with E-state index in [4.69, 9.17) is 0 Å². The van der Waals surface area contributed by atoms with Crippen LogP contribution in [0.5, 0.6) is 0 Å². The number of hydrogen-bond acceptors (Lipinski definition) is 2. The molecule has 0 unspecified atom stereocenters. The number of nitrogens with zero attached hydrogens (tertiary/aromatic N) is 1. The highest BCUT2D eigenvalue weighted by atomic mass is 15.1. The second-order valence-corrected chi connectivity index (χ2v) is 5.30. The van der Waals surface area contributed by atoms with E-state index in [1.54, 1.807) is 0 Å². The van der Waals surface area contributed by atoms with Gasteiger partial charge in [-0.1, -0.05) is 18.2 Å². The lowest BCUT2D eigenvalue weighted by molar-refractivity contribution is 0.612. The van der Waals surface area contributed by atoms with E-state index >= 15 is 0 Å². The summed E-state index contributed by atoms with van der Waals surface area (Å²) in [5.74, 6) is 0. The average molecular weight is 230 g/mol. The maximum atomic E-state index is 3.59.